The number of amides is 2. The summed E-state index contributed by atoms with van der Waals surface area (Å²) < 4.78 is 25.9. The number of anilines is 1. The molecule has 0 bridgehead atoms. The summed E-state index contributed by atoms with van der Waals surface area (Å²) in [5, 5.41) is 4.67. The highest BCUT2D eigenvalue weighted by Gasteiger charge is 2.27. The first kappa shape index (κ1) is 21.4. The van der Waals surface area contributed by atoms with Crippen LogP contribution in [-0.4, -0.2) is 31.2 Å². The number of carbonyl (C=O) groups is 2. The molecule has 0 aliphatic carbocycles. The molecule has 8 heteroatoms. The number of nitrogens with one attached hydrogen (secondary N) is 2. The molecule has 1 unspecified atom stereocenters. The molecule has 0 saturated heterocycles. The largest absolute Gasteiger partial charge is 0.352 e. The Morgan fingerprint density at radius 2 is 2.00 bits per heavy atom. The van der Waals surface area contributed by atoms with E-state index < -0.39 is 15.1 Å². The normalized spacial score (nSPS) is 15.0. The van der Waals surface area contributed by atoms with Crippen molar-refractivity contribution < 1.29 is 18.0 Å². The maximum atomic E-state index is 12.9. The van der Waals surface area contributed by atoms with E-state index in [-0.39, 0.29) is 23.1 Å². The Bertz CT molecular complexity index is 1030. The average Bonchev–Trinajstić information content (AvgIpc) is 2.87. The van der Waals surface area contributed by atoms with Gasteiger partial charge in [0.15, 0.2) is 9.84 Å². The van der Waals surface area contributed by atoms with Gasteiger partial charge in [-0.2, -0.15) is 0 Å². The molecular weight excluding hydrogens is 408 g/mol. The number of thioether (sulfide) groups is 1. The first-order valence-corrected chi connectivity index (χ1v) is 11.9. The van der Waals surface area contributed by atoms with Gasteiger partial charge in [0.2, 0.25) is 11.8 Å². The minimum absolute atomic E-state index is 0.109. The minimum Gasteiger partial charge on any atom is -0.352 e. The van der Waals surface area contributed by atoms with Crippen molar-refractivity contribution in [2.45, 2.75) is 48.3 Å². The highest BCUT2D eigenvalue weighted by molar-refractivity contribution is 7.99. The summed E-state index contributed by atoms with van der Waals surface area (Å²) in [6.45, 7) is 3.85. The topological polar surface area (TPSA) is 92.3 Å². The van der Waals surface area contributed by atoms with E-state index in [1.165, 1.54) is 24.8 Å². The zero-order valence-corrected chi connectivity index (χ0v) is 18.0. The second-order valence-corrected chi connectivity index (χ2v) is 10.6. The summed E-state index contributed by atoms with van der Waals surface area (Å²) >= 11 is 1.52. The van der Waals surface area contributed by atoms with Crippen LogP contribution in [0, 0.1) is 6.92 Å². The van der Waals surface area contributed by atoms with Crippen LogP contribution in [0.3, 0.4) is 0 Å². The van der Waals surface area contributed by atoms with Gasteiger partial charge in [0.25, 0.3) is 0 Å². The van der Waals surface area contributed by atoms with Crippen LogP contribution in [0.2, 0.25) is 0 Å². The molecule has 3 rings (SSSR count). The second kappa shape index (κ2) is 9.00. The molecule has 0 radical (unpaired) electrons. The molecule has 0 aromatic heterocycles. The lowest BCUT2D eigenvalue weighted by Crippen LogP contribution is -2.30. The summed E-state index contributed by atoms with van der Waals surface area (Å²) in [4.78, 5) is 25.0. The monoisotopic (exact) mass is 432 g/mol. The summed E-state index contributed by atoms with van der Waals surface area (Å²) in [6.07, 6.45) is 0.255. The lowest BCUT2D eigenvalue weighted by atomic mass is 10.1. The zero-order chi connectivity index (χ0) is 21.0. The van der Waals surface area contributed by atoms with E-state index in [2.05, 4.69) is 10.6 Å². The third-order valence-electron chi connectivity index (χ3n) is 4.88. The number of carbonyl (C=O) groups excluding carboxylic acids is 2. The van der Waals surface area contributed by atoms with E-state index in [4.69, 9.17) is 0 Å². The quantitative estimate of drug-likeness (QED) is 0.731. The molecule has 2 aromatic carbocycles. The molecule has 1 heterocycles. The number of rotatable bonds is 6. The zero-order valence-electron chi connectivity index (χ0n) is 16.4. The maximum absolute atomic E-state index is 12.9. The third kappa shape index (κ3) is 5.19. The van der Waals surface area contributed by atoms with E-state index >= 15 is 0 Å². The number of hydrogen-bond donors (Lipinski definition) is 2. The SMILES string of the molecule is Cc1ccccc1CNC(=O)CC(C)S(=O)(=O)c1ccc2c(c1)NC(=O)CCS2. The molecule has 0 fully saturated rings. The van der Waals surface area contributed by atoms with Gasteiger partial charge in [0, 0.05) is 30.0 Å². The van der Waals surface area contributed by atoms with Gasteiger partial charge < -0.3 is 10.6 Å². The maximum Gasteiger partial charge on any atom is 0.225 e. The van der Waals surface area contributed by atoms with Crippen molar-refractivity contribution in [1.82, 2.24) is 5.32 Å². The van der Waals surface area contributed by atoms with Crippen LogP contribution in [0.15, 0.2) is 52.3 Å². The van der Waals surface area contributed by atoms with Gasteiger partial charge in [-0.05, 0) is 43.2 Å². The third-order valence-corrected chi connectivity index (χ3v) is 8.09. The van der Waals surface area contributed by atoms with E-state index in [0.717, 1.165) is 16.0 Å². The van der Waals surface area contributed by atoms with E-state index in [1.54, 1.807) is 12.1 Å². The predicted molar refractivity (Wildman–Crippen MR) is 115 cm³/mol. The lowest BCUT2D eigenvalue weighted by Gasteiger charge is -2.15. The summed E-state index contributed by atoms with van der Waals surface area (Å²) in [6, 6.07) is 12.5. The van der Waals surface area contributed by atoms with E-state index in [9.17, 15) is 18.0 Å². The van der Waals surface area contributed by atoms with Crippen LogP contribution in [0.4, 0.5) is 5.69 Å². The molecule has 29 heavy (non-hydrogen) atoms. The highest BCUT2D eigenvalue weighted by atomic mass is 32.2. The molecule has 1 atom stereocenters. The molecule has 2 N–H and O–H groups in total. The number of aryl methyl sites for hydroxylation is 1. The van der Waals surface area contributed by atoms with Crippen LogP contribution in [0.1, 0.15) is 30.9 Å². The van der Waals surface area contributed by atoms with Crippen LogP contribution < -0.4 is 10.6 Å². The molecule has 2 aromatic rings. The van der Waals surface area contributed by atoms with Crippen LogP contribution in [0.5, 0.6) is 0 Å². The Labute approximate surface area is 175 Å². The molecular formula is C21H24N2O4S2. The molecule has 1 aliphatic heterocycles. The van der Waals surface area contributed by atoms with Crippen molar-refractivity contribution in [3.05, 3.63) is 53.6 Å². The first-order valence-electron chi connectivity index (χ1n) is 9.39. The summed E-state index contributed by atoms with van der Waals surface area (Å²) in [5.41, 5.74) is 2.57. The van der Waals surface area contributed by atoms with Crippen LogP contribution in [0.25, 0.3) is 0 Å². The Morgan fingerprint density at radius 1 is 1.24 bits per heavy atom. The van der Waals surface area contributed by atoms with Crippen molar-refractivity contribution >= 4 is 39.1 Å². The number of sulfone groups is 1. The van der Waals surface area contributed by atoms with Gasteiger partial charge in [0.1, 0.15) is 0 Å². The van der Waals surface area contributed by atoms with Gasteiger partial charge >= 0.3 is 0 Å². The molecule has 0 saturated carbocycles. The molecule has 6 nitrogen and oxygen atoms in total. The average molecular weight is 433 g/mol. The van der Waals surface area contributed by atoms with E-state index in [0.29, 0.717) is 24.4 Å². The predicted octanol–water partition coefficient (Wildman–Crippen LogP) is 3.30. The fourth-order valence-electron chi connectivity index (χ4n) is 3.05. The Kier molecular flexibility index (Phi) is 6.64. The standard InChI is InChI=1S/C21H24N2O4S2/c1-14-5-3-4-6-16(14)13-22-21(25)11-15(2)29(26,27)17-7-8-19-18(12-17)23-20(24)9-10-28-19/h3-8,12,15H,9-11,13H2,1-2H3,(H,22,25)(H,23,24). The van der Waals surface area contributed by atoms with Gasteiger partial charge in [-0.3, -0.25) is 9.59 Å². The molecule has 154 valence electrons. The molecule has 2 amide bonds. The number of fused-ring (bicyclic) bond motifs is 1. The molecule has 1 aliphatic rings. The number of hydrogen-bond acceptors (Lipinski definition) is 5. The Hall–Kier alpha value is -2.32. The highest BCUT2D eigenvalue weighted by Crippen LogP contribution is 2.33. The Balaban J connectivity index is 1.68. The van der Waals surface area contributed by atoms with Crippen LogP contribution in [-0.2, 0) is 26.0 Å². The number of benzene rings is 2. The van der Waals surface area contributed by atoms with E-state index in [1.807, 2.05) is 31.2 Å². The molecule has 0 spiro atoms. The first-order chi connectivity index (χ1) is 13.8. The van der Waals surface area contributed by atoms with Crippen molar-refractivity contribution in [2.24, 2.45) is 0 Å². The van der Waals surface area contributed by atoms with Gasteiger partial charge in [-0.15, -0.1) is 11.8 Å². The summed E-state index contributed by atoms with van der Waals surface area (Å²) in [7, 11) is -3.71. The van der Waals surface area contributed by atoms with Crippen LogP contribution >= 0.6 is 11.8 Å². The van der Waals surface area contributed by atoms with Gasteiger partial charge in [-0.1, -0.05) is 24.3 Å². The van der Waals surface area contributed by atoms with Crippen molar-refractivity contribution in [3.63, 3.8) is 0 Å². The Morgan fingerprint density at radius 3 is 2.76 bits per heavy atom. The minimum atomic E-state index is -3.71. The van der Waals surface area contributed by atoms with Gasteiger partial charge in [-0.25, -0.2) is 8.42 Å². The van der Waals surface area contributed by atoms with Crippen molar-refractivity contribution in [1.29, 1.82) is 0 Å². The fraction of sp³-hybridized carbons (Fsp3) is 0.333. The van der Waals surface area contributed by atoms with Crippen molar-refractivity contribution in [2.75, 3.05) is 11.1 Å². The summed E-state index contributed by atoms with van der Waals surface area (Å²) in [5.74, 6) is 0.208. The van der Waals surface area contributed by atoms with Gasteiger partial charge in [0.05, 0.1) is 15.8 Å². The lowest BCUT2D eigenvalue weighted by molar-refractivity contribution is -0.121. The smallest absolute Gasteiger partial charge is 0.225 e. The van der Waals surface area contributed by atoms with Crippen molar-refractivity contribution in [3.8, 4) is 0 Å². The second-order valence-electron chi connectivity index (χ2n) is 7.07. The fourth-order valence-corrected chi connectivity index (χ4v) is 5.37.